The lowest BCUT2D eigenvalue weighted by molar-refractivity contribution is 0.0170. The van der Waals surface area contributed by atoms with Crippen LogP contribution >= 0.6 is 11.6 Å². The first-order valence-corrected chi connectivity index (χ1v) is 11.0. The average molecular weight is 433 g/mol. The van der Waals surface area contributed by atoms with E-state index in [0.29, 0.717) is 0 Å². The number of morpholine rings is 1. The largest absolute Gasteiger partial charge is 0.379 e. The van der Waals surface area contributed by atoms with Crippen molar-refractivity contribution in [2.45, 2.75) is 32.9 Å². The first-order valence-electron chi connectivity index (χ1n) is 10.6. The van der Waals surface area contributed by atoms with E-state index in [1.165, 1.54) is 11.3 Å². The van der Waals surface area contributed by atoms with Crippen molar-refractivity contribution in [1.29, 1.82) is 0 Å². The van der Waals surface area contributed by atoms with Gasteiger partial charge in [-0.1, -0.05) is 23.7 Å². The number of halogens is 1. The molecule has 0 spiro atoms. The van der Waals surface area contributed by atoms with E-state index in [9.17, 15) is 0 Å². The summed E-state index contributed by atoms with van der Waals surface area (Å²) < 4.78 is 7.59. The Kier molecular flexibility index (Phi) is 8.54. The molecule has 1 aromatic carbocycles. The van der Waals surface area contributed by atoms with E-state index in [4.69, 9.17) is 16.3 Å². The number of aliphatic imine (C=N–C) groups is 1. The Hall–Kier alpha value is -2.09. The third-order valence-electron chi connectivity index (χ3n) is 5.37. The molecule has 1 aliphatic rings. The van der Waals surface area contributed by atoms with Crippen LogP contribution in [0.4, 0.5) is 0 Å². The van der Waals surface area contributed by atoms with Gasteiger partial charge in [0, 0.05) is 50.5 Å². The van der Waals surface area contributed by atoms with Crippen LogP contribution in [0.15, 0.2) is 35.3 Å². The number of hydrogen-bond donors (Lipinski definition) is 2. The van der Waals surface area contributed by atoms with Gasteiger partial charge in [0.15, 0.2) is 5.96 Å². The van der Waals surface area contributed by atoms with E-state index in [-0.39, 0.29) is 6.04 Å². The SMILES string of the molecule is CN=C(NCCCn1nc(C)cc1C)NCC(c1ccc(Cl)cc1)N1CCOCC1. The lowest BCUT2D eigenvalue weighted by Crippen LogP contribution is -2.46. The van der Waals surface area contributed by atoms with Gasteiger partial charge < -0.3 is 15.4 Å². The van der Waals surface area contributed by atoms with Crippen molar-refractivity contribution in [3.8, 4) is 0 Å². The predicted molar refractivity (Wildman–Crippen MR) is 122 cm³/mol. The Bertz CT molecular complexity index is 814. The molecule has 2 aromatic rings. The zero-order chi connectivity index (χ0) is 21.3. The van der Waals surface area contributed by atoms with Crippen LogP contribution in [0, 0.1) is 13.8 Å². The monoisotopic (exact) mass is 432 g/mol. The number of aromatic nitrogens is 2. The molecule has 0 amide bonds. The lowest BCUT2D eigenvalue weighted by atomic mass is 10.0. The Morgan fingerprint density at radius 2 is 1.93 bits per heavy atom. The predicted octanol–water partition coefficient (Wildman–Crippen LogP) is 2.78. The molecule has 1 aromatic heterocycles. The molecule has 164 valence electrons. The molecule has 3 rings (SSSR count). The second kappa shape index (κ2) is 11.3. The van der Waals surface area contributed by atoms with E-state index in [0.717, 1.165) is 69.0 Å². The van der Waals surface area contributed by atoms with Crippen LogP contribution in [0.1, 0.15) is 29.4 Å². The molecular formula is C22H33ClN6O. The molecule has 0 bridgehead atoms. The van der Waals surface area contributed by atoms with E-state index in [1.807, 2.05) is 26.1 Å². The second-order valence-corrected chi connectivity index (χ2v) is 8.04. The zero-order valence-electron chi connectivity index (χ0n) is 18.2. The van der Waals surface area contributed by atoms with Crippen molar-refractivity contribution in [1.82, 2.24) is 25.3 Å². The summed E-state index contributed by atoms with van der Waals surface area (Å²) in [7, 11) is 1.81. The topological polar surface area (TPSA) is 66.7 Å². The molecule has 7 nitrogen and oxygen atoms in total. The molecular weight excluding hydrogens is 400 g/mol. The fourth-order valence-corrected chi connectivity index (χ4v) is 3.91. The number of nitrogens with one attached hydrogen (secondary N) is 2. The summed E-state index contributed by atoms with van der Waals surface area (Å²) in [6, 6.07) is 10.5. The Morgan fingerprint density at radius 1 is 1.20 bits per heavy atom. The quantitative estimate of drug-likeness (QED) is 0.381. The van der Waals surface area contributed by atoms with Gasteiger partial charge in [0.25, 0.3) is 0 Å². The fraction of sp³-hybridized carbons (Fsp3) is 0.545. The molecule has 1 atom stereocenters. The Morgan fingerprint density at radius 3 is 2.57 bits per heavy atom. The minimum atomic E-state index is 0.236. The van der Waals surface area contributed by atoms with Gasteiger partial charge in [-0.15, -0.1) is 0 Å². The highest BCUT2D eigenvalue weighted by Gasteiger charge is 2.22. The summed E-state index contributed by atoms with van der Waals surface area (Å²) >= 11 is 6.09. The zero-order valence-corrected chi connectivity index (χ0v) is 19.0. The fourth-order valence-electron chi connectivity index (χ4n) is 3.78. The van der Waals surface area contributed by atoms with Gasteiger partial charge in [0.05, 0.1) is 24.9 Å². The molecule has 8 heteroatoms. The second-order valence-electron chi connectivity index (χ2n) is 7.60. The van der Waals surface area contributed by atoms with E-state index in [2.05, 4.69) is 55.4 Å². The van der Waals surface area contributed by atoms with Gasteiger partial charge in [-0.05, 0) is 44.0 Å². The van der Waals surface area contributed by atoms with Gasteiger partial charge in [0.2, 0.25) is 0 Å². The van der Waals surface area contributed by atoms with Crippen molar-refractivity contribution in [2.75, 3.05) is 46.4 Å². The summed E-state index contributed by atoms with van der Waals surface area (Å²) in [5.41, 5.74) is 3.51. The van der Waals surface area contributed by atoms with Crippen molar-refractivity contribution in [2.24, 2.45) is 4.99 Å². The van der Waals surface area contributed by atoms with Crippen LogP contribution < -0.4 is 10.6 Å². The third kappa shape index (κ3) is 6.45. The van der Waals surface area contributed by atoms with Crippen LogP contribution in [0.5, 0.6) is 0 Å². The molecule has 0 aliphatic carbocycles. The van der Waals surface area contributed by atoms with Crippen molar-refractivity contribution < 1.29 is 4.74 Å². The average Bonchev–Trinajstić information content (AvgIpc) is 3.08. The van der Waals surface area contributed by atoms with Crippen LogP contribution in [0.3, 0.4) is 0 Å². The number of ether oxygens (including phenoxy) is 1. The lowest BCUT2D eigenvalue weighted by Gasteiger charge is -2.35. The van der Waals surface area contributed by atoms with Crippen LogP contribution in [0.25, 0.3) is 0 Å². The maximum absolute atomic E-state index is 6.09. The number of nitrogens with zero attached hydrogens (tertiary/aromatic N) is 4. The molecule has 2 heterocycles. The van der Waals surface area contributed by atoms with Crippen molar-refractivity contribution in [3.05, 3.63) is 52.3 Å². The van der Waals surface area contributed by atoms with Crippen molar-refractivity contribution in [3.63, 3.8) is 0 Å². The van der Waals surface area contributed by atoms with Crippen LogP contribution in [0.2, 0.25) is 5.02 Å². The minimum Gasteiger partial charge on any atom is -0.379 e. The van der Waals surface area contributed by atoms with Crippen molar-refractivity contribution >= 4 is 17.6 Å². The van der Waals surface area contributed by atoms with Gasteiger partial charge in [-0.2, -0.15) is 5.10 Å². The Balaban J connectivity index is 1.52. The summed E-state index contributed by atoms with van der Waals surface area (Å²) in [5, 5.41) is 12.2. The molecule has 0 radical (unpaired) electrons. The first kappa shape index (κ1) is 22.6. The summed E-state index contributed by atoms with van der Waals surface area (Å²) in [6.45, 7) is 9.99. The summed E-state index contributed by atoms with van der Waals surface area (Å²) in [5.74, 6) is 0.815. The van der Waals surface area contributed by atoms with Gasteiger partial charge >= 0.3 is 0 Å². The number of benzene rings is 1. The van der Waals surface area contributed by atoms with E-state index < -0.39 is 0 Å². The van der Waals surface area contributed by atoms with E-state index in [1.54, 1.807) is 0 Å². The van der Waals surface area contributed by atoms with Gasteiger partial charge in [-0.3, -0.25) is 14.6 Å². The number of rotatable bonds is 8. The molecule has 30 heavy (non-hydrogen) atoms. The van der Waals surface area contributed by atoms with Crippen LogP contribution in [-0.2, 0) is 11.3 Å². The molecule has 2 N–H and O–H groups in total. The number of guanidine groups is 1. The maximum Gasteiger partial charge on any atom is 0.191 e. The Labute approximate surface area is 184 Å². The summed E-state index contributed by atoms with van der Waals surface area (Å²) in [6.07, 6.45) is 0.979. The molecule has 0 saturated carbocycles. The highest BCUT2D eigenvalue weighted by molar-refractivity contribution is 6.30. The first-order chi connectivity index (χ1) is 14.6. The molecule has 1 fully saturated rings. The highest BCUT2D eigenvalue weighted by atomic mass is 35.5. The molecule has 1 saturated heterocycles. The number of aryl methyl sites for hydroxylation is 3. The highest BCUT2D eigenvalue weighted by Crippen LogP contribution is 2.23. The maximum atomic E-state index is 6.09. The molecule has 1 unspecified atom stereocenters. The standard InChI is InChI=1S/C22H33ClN6O/c1-17-15-18(2)29(27-17)10-4-9-25-22(24-3)26-16-21(28-11-13-30-14-12-28)19-5-7-20(23)8-6-19/h5-8,15,21H,4,9-14,16H2,1-3H3,(H2,24,25,26). The molecule has 1 aliphatic heterocycles. The third-order valence-corrected chi connectivity index (χ3v) is 5.62. The minimum absolute atomic E-state index is 0.236. The summed E-state index contributed by atoms with van der Waals surface area (Å²) in [4.78, 5) is 6.84. The van der Waals surface area contributed by atoms with Crippen LogP contribution in [-0.4, -0.2) is 67.1 Å². The number of hydrogen-bond acceptors (Lipinski definition) is 4. The van der Waals surface area contributed by atoms with Gasteiger partial charge in [-0.25, -0.2) is 0 Å². The normalized spacial score (nSPS) is 16.5. The van der Waals surface area contributed by atoms with Gasteiger partial charge in [0.1, 0.15) is 0 Å². The smallest absolute Gasteiger partial charge is 0.191 e. The van der Waals surface area contributed by atoms with E-state index >= 15 is 0 Å².